The van der Waals surface area contributed by atoms with Crippen LogP contribution in [0, 0.1) is 17.8 Å². The molecule has 1 atom stereocenters. The molecule has 2 rings (SSSR count). The molecular formula is C14H26N2S. The molecule has 0 radical (unpaired) electrons. The topological polar surface area (TPSA) is 15.6 Å². The van der Waals surface area contributed by atoms with Crippen molar-refractivity contribution in [2.24, 2.45) is 9.81 Å². The summed E-state index contributed by atoms with van der Waals surface area (Å²) in [7, 11) is 0. The molecule has 0 spiro atoms. The average Bonchev–Trinajstić information content (AvgIpc) is 2.75. The zero-order valence-electron chi connectivity index (χ0n) is 12.1. The van der Waals surface area contributed by atoms with Crippen molar-refractivity contribution in [2.45, 2.75) is 59.8 Å². The first-order chi connectivity index (χ1) is 8.12. The van der Waals surface area contributed by atoms with E-state index in [0.717, 1.165) is 12.4 Å². The van der Waals surface area contributed by atoms with Gasteiger partial charge in [-0.1, -0.05) is 41.5 Å². The Morgan fingerprint density at radius 1 is 1.35 bits per heavy atom. The fourth-order valence-corrected chi connectivity index (χ4v) is 2.80. The monoisotopic (exact) mass is 254 g/mol. The maximum Gasteiger partial charge on any atom is 0.189 e. The highest BCUT2D eigenvalue weighted by atomic mass is 32.2. The molecule has 1 unspecified atom stereocenters. The van der Waals surface area contributed by atoms with Crippen molar-refractivity contribution in [2.75, 3.05) is 6.54 Å². The number of rotatable bonds is 0. The van der Waals surface area contributed by atoms with Crippen molar-refractivity contribution in [1.82, 2.24) is 4.90 Å². The highest BCUT2D eigenvalue weighted by molar-refractivity contribution is 7.99. The maximum absolute atomic E-state index is 5.39. The molecule has 2 aliphatic heterocycles. The first kappa shape index (κ1) is 16.4. The van der Waals surface area contributed by atoms with Crippen LogP contribution in [0.4, 0.5) is 0 Å². The van der Waals surface area contributed by atoms with Gasteiger partial charge in [0.2, 0.25) is 0 Å². The van der Waals surface area contributed by atoms with E-state index in [2.05, 4.69) is 29.1 Å². The summed E-state index contributed by atoms with van der Waals surface area (Å²) in [6.45, 7) is 13.6. The summed E-state index contributed by atoms with van der Waals surface area (Å²) in [6.07, 6.45) is 7.87. The van der Waals surface area contributed by atoms with Crippen LogP contribution < -0.4 is 0 Å². The summed E-state index contributed by atoms with van der Waals surface area (Å²) in [5, 5.41) is 0.513. The molecule has 0 aromatic rings. The van der Waals surface area contributed by atoms with Gasteiger partial charge in [0, 0.05) is 18.5 Å². The third-order valence-electron chi connectivity index (χ3n) is 2.68. The quantitative estimate of drug-likeness (QED) is 0.476. The minimum Gasteiger partial charge on any atom is -0.335 e. The van der Waals surface area contributed by atoms with Gasteiger partial charge in [0.1, 0.15) is 0 Å². The molecule has 0 N–H and O–H groups in total. The summed E-state index contributed by atoms with van der Waals surface area (Å²) in [4.78, 5) is 2.27. The van der Waals surface area contributed by atoms with Gasteiger partial charge in [0.15, 0.2) is 5.84 Å². The lowest BCUT2D eigenvalue weighted by molar-refractivity contribution is 0.168. The molecular weight excluding hydrogens is 228 g/mol. The molecule has 0 aliphatic carbocycles. The van der Waals surface area contributed by atoms with Crippen LogP contribution in [0.2, 0.25) is 0 Å². The van der Waals surface area contributed by atoms with Gasteiger partial charge in [0.05, 0.1) is 5.37 Å². The smallest absolute Gasteiger partial charge is 0.189 e. The van der Waals surface area contributed by atoms with E-state index in [0.29, 0.717) is 10.8 Å². The number of hydrogen-bond acceptors (Lipinski definition) is 3. The Bertz CT molecular complexity index is 289. The third-order valence-corrected chi connectivity index (χ3v) is 3.69. The predicted octanol–water partition coefficient (Wildman–Crippen LogP) is 4.18. The molecule has 2 aliphatic rings. The lowest BCUT2D eigenvalue weighted by Crippen LogP contribution is -2.45. The molecule has 0 amide bonds. The largest absolute Gasteiger partial charge is 0.335 e. The number of nitrogens with zero attached hydrogens (tertiary/aromatic N) is 2. The lowest BCUT2D eigenvalue weighted by atomic mass is 9.84. The number of terminal acetylenes is 1. The van der Waals surface area contributed by atoms with Crippen LogP contribution in [0.5, 0.6) is 0 Å². The van der Waals surface area contributed by atoms with Crippen LogP contribution in [0.3, 0.4) is 0 Å². The van der Waals surface area contributed by atoms with Gasteiger partial charge in [-0.05, 0) is 24.2 Å². The van der Waals surface area contributed by atoms with Crippen molar-refractivity contribution in [3.63, 3.8) is 0 Å². The molecule has 2 heterocycles. The fourth-order valence-electron chi connectivity index (χ4n) is 1.91. The van der Waals surface area contributed by atoms with Gasteiger partial charge in [-0.3, -0.25) is 0 Å². The molecule has 1 fully saturated rings. The highest BCUT2D eigenvalue weighted by Crippen LogP contribution is 2.39. The highest BCUT2D eigenvalue weighted by Gasteiger charge is 2.37. The van der Waals surface area contributed by atoms with Gasteiger partial charge < -0.3 is 4.90 Å². The Hall–Kier alpha value is -0.620. The Labute approximate surface area is 111 Å². The van der Waals surface area contributed by atoms with Crippen molar-refractivity contribution in [3.05, 3.63) is 0 Å². The summed E-state index contributed by atoms with van der Waals surface area (Å²) in [5.41, 5.74) is 0.388. The Kier molecular flexibility index (Phi) is 7.38. The van der Waals surface area contributed by atoms with E-state index in [4.69, 9.17) is 6.42 Å². The molecule has 0 aromatic carbocycles. The van der Waals surface area contributed by atoms with Gasteiger partial charge in [-0.15, -0.1) is 6.42 Å². The van der Waals surface area contributed by atoms with Crippen molar-refractivity contribution in [1.29, 1.82) is 0 Å². The molecule has 3 heteroatoms. The molecule has 0 saturated carbocycles. The second kappa shape index (κ2) is 7.66. The van der Waals surface area contributed by atoms with Crippen LogP contribution in [-0.2, 0) is 0 Å². The zero-order valence-corrected chi connectivity index (χ0v) is 12.9. The SMILES string of the molecule is C#CC1=NSC2CCC(C)(C)CN12.CC.CC. The van der Waals surface area contributed by atoms with E-state index in [-0.39, 0.29) is 0 Å². The predicted molar refractivity (Wildman–Crippen MR) is 80.1 cm³/mol. The summed E-state index contributed by atoms with van der Waals surface area (Å²) in [5.74, 6) is 3.49. The van der Waals surface area contributed by atoms with Gasteiger partial charge in [-0.2, -0.15) is 4.40 Å². The van der Waals surface area contributed by atoms with Crippen LogP contribution in [0.1, 0.15) is 54.4 Å². The second-order valence-electron chi connectivity index (χ2n) is 4.45. The summed E-state index contributed by atoms with van der Waals surface area (Å²) >= 11 is 1.63. The van der Waals surface area contributed by atoms with Crippen molar-refractivity contribution in [3.8, 4) is 12.3 Å². The van der Waals surface area contributed by atoms with Crippen molar-refractivity contribution >= 4 is 17.8 Å². The lowest BCUT2D eigenvalue weighted by Gasteiger charge is -2.39. The molecule has 2 nitrogen and oxygen atoms in total. The van der Waals surface area contributed by atoms with E-state index in [1.807, 2.05) is 27.7 Å². The third kappa shape index (κ3) is 4.27. The number of piperidine rings is 1. The molecule has 1 saturated heterocycles. The minimum absolute atomic E-state index is 0.388. The Morgan fingerprint density at radius 3 is 2.47 bits per heavy atom. The van der Waals surface area contributed by atoms with Crippen LogP contribution >= 0.6 is 11.9 Å². The number of amidine groups is 1. The average molecular weight is 254 g/mol. The molecule has 17 heavy (non-hydrogen) atoms. The minimum atomic E-state index is 0.388. The summed E-state index contributed by atoms with van der Waals surface area (Å²) < 4.78 is 4.29. The molecule has 0 aromatic heterocycles. The Morgan fingerprint density at radius 2 is 1.94 bits per heavy atom. The summed E-state index contributed by atoms with van der Waals surface area (Å²) in [6, 6.07) is 0. The van der Waals surface area contributed by atoms with Gasteiger partial charge in [0.25, 0.3) is 0 Å². The normalized spacial score (nSPS) is 24.2. The van der Waals surface area contributed by atoms with Crippen molar-refractivity contribution < 1.29 is 0 Å². The first-order valence-corrected chi connectivity index (χ1v) is 7.43. The number of hydrogen-bond donors (Lipinski definition) is 0. The van der Waals surface area contributed by atoms with E-state index in [1.54, 1.807) is 11.9 Å². The molecule has 0 bridgehead atoms. The van der Waals surface area contributed by atoms with Crippen LogP contribution in [0.25, 0.3) is 0 Å². The van der Waals surface area contributed by atoms with E-state index in [9.17, 15) is 0 Å². The van der Waals surface area contributed by atoms with Crippen LogP contribution in [-0.4, -0.2) is 22.7 Å². The standard InChI is InChI=1S/C10H14N2S.2C2H6/c1-4-8-11-13-9-5-6-10(2,3)7-12(8)9;2*1-2/h1,9H,5-7H2,2-3H3;2*1-2H3. The van der Waals surface area contributed by atoms with E-state index in [1.165, 1.54) is 12.8 Å². The van der Waals surface area contributed by atoms with E-state index >= 15 is 0 Å². The first-order valence-electron chi connectivity index (χ1n) is 6.59. The molecule has 98 valence electrons. The Balaban J connectivity index is 0.000000581. The zero-order chi connectivity index (χ0) is 13.5. The maximum atomic E-state index is 5.39. The van der Waals surface area contributed by atoms with E-state index < -0.39 is 0 Å². The van der Waals surface area contributed by atoms with Crippen LogP contribution in [0.15, 0.2) is 4.40 Å². The number of fused-ring (bicyclic) bond motifs is 1. The second-order valence-corrected chi connectivity index (χ2v) is 5.39. The fraction of sp³-hybridized carbons (Fsp3) is 0.786. The van der Waals surface area contributed by atoms with Gasteiger partial charge in [-0.25, -0.2) is 0 Å². The van der Waals surface area contributed by atoms with Gasteiger partial charge >= 0.3 is 0 Å².